The highest BCUT2D eigenvalue weighted by atomic mass is 32.1. The molecule has 1 saturated carbocycles. The molecule has 4 atom stereocenters. The summed E-state index contributed by atoms with van der Waals surface area (Å²) in [7, 11) is 2.18. The number of rotatable bonds is 12. The van der Waals surface area contributed by atoms with Gasteiger partial charge in [0, 0.05) is 44.0 Å². The van der Waals surface area contributed by atoms with Crippen LogP contribution in [-0.2, 0) is 4.79 Å². The molecule has 0 bridgehead atoms. The van der Waals surface area contributed by atoms with Crippen LogP contribution in [0.5, 0.6) is 5.75 Å². The smallest absolute Gasteiger partial charge is 0.220 e. The Balaban J connectivity index is 1.35. The molecule has 6 heteroatoms. The van der Waals surface area contributed by atoms with Gasteiger partial charge in [0.1, 0.15) is 5.75 Å². The maximum absolute atomic E-state index is 13.0. The van der Waals surface area contributed by atoms with Gasteiger partial charge in [-0.25, -0.2) is 0 Å². The predicted molar refractivity (Wildman–Crippen MR) is 141 cm³/mol. The number of likely N-dealkylation sites (N-methyl/N-ethyl adjacent to an activating group) is 1. The highest BCUT2D eigenvalue weighted by Gasteiger charge is 2.40. The highest BCUT2D eigenvalue weighted by molar-refractivity contribution is 7.10. The fraction of sp³-hybridized carbons (Fsp3) is 0.607. The van der Waals surface area contributed by atoms with E-state index >= 15 is 0 Å². The van der Waals surface area contributed by atoms with Gasteiger partial charge in [-0.2, -0.15) is 0 Å². The van der Waals surface area contributed by atoms with Crippen molar-refractivity contribution in [2.75, 3.05) is 46.4 Å². The van der Waals surface area contributed by atoms with Crippen LogP contribution in [0, 0.1) is 11.8 Å². The van der Waals surface area contributed by atoms with E-state index in [1.807, 2.05) is 11.3 Å². The van der Waals surface area contributed by atoms with E-state index in [1.165, 1.54) is 17.7 Å². The number of thiophene rings is 1. The van der Waals surface area contributed by atoms with Crippen molar-refractivity contribution in [3.8, 4) is 5.75 Å². The summed E-state index contributed by atoms with van der Waals surface area (Å²) in [5.74, 6) is 2.72. The van der Waals surface area contributed by atoms with E-state index in [0.717, 1.165) is 57.1 Å². The van der Waals surface area contributed by atoms with Crippen LogP contribution < -0.4 is 10.1 Å². The van der Waals surface area contributed by atoms with E-state index in [1.54, 1.807) is 0 Å². The SMILES string of the molecule is CCCC(C)COc1ccc(C(CN2CCN(C)CC2)NC(=O)CC2CC2c2cccs2)cc1. The van der Waals surface area contributed by atoms with E-state index in [4.69, 9.17) is 4.74 Å². The number of amides is 1. The third kappa shape index (κ3) is 7.30. The van der Waals surface area contributed by atoms with Crippen LogP contribution in [0.25, 0.3) is 0 Å². The van der Waals surface area contributed by atoms with Crippen molar-refractivity contribution in [3.05, 3.63) is 52.2 Å². The molecule has 0 radical (unpaired) electrons. The Kier molecular flexibility index (Phi) is 9.04. The van der Waals surface area contributed by atoms with Crippen LogP contribution >= 0.6 is 11.3 Å². The fourth-order valence-corrected chi connectivity index (χ4v) is 5.88. The Morgan fingerprint density at radius 2 is 1.94 bits per heavy atom. The summed E-state index contributed by atoms with van der Waals surface area (Å²) in [5, 5.41) is 5.52. The summed E-state index contributed by atoms with van der Waals surface area (Å²) in [6.07, 6.45) is 4.13. The van der Waals surface area contributed by atoms with Crippen molar-refractivity contribution >= 4 is 17.2 Å². The van der Waals surface area contributed by atoms with Crippen LogP contribution in [0.2, 0.25) is 0 Å². The Morgan fingerprint density at radius 1 is 1.18 bits per heavy atom. The van der Waals surface area contributed by atoms with E-state index < -0.39 is 0 Å². The van der Waals surface area contributed by atoms with Crippen molar-refractivity contribution in [1.29, 1.82) is 0 Å². The molecule has 1 aromatic heterocycles. The molecule has 186 valence electrons. The van der Waals surface area contributed by atoms with Crippen molar-refractivity contribution < 1.29 is 9.53 Å². The average Bonchev–Trinajstić information content (AvgIpc) is 3.36. The van der Waals surface area contributed by atoms with Gasteiger partial charge >= 0.3 is 0 Å². The number of carbonyl (C=O) groups is 1. The first-order valence-corrected chi connectivity index (χ1v) is 13.9. The van der Waals surface area contributed by atoms with Crippen molar-refractivity contribution in [3.63, 3.8) is 0 Å². The molecule has 2 fully saturated rings. The summed E-state index contributed by atoms with van der Waals surface area (Å²) >= 11 is 1.81. The zero-order valence-electron chi connectivity index (χ0n) is 21.0. The Labute approximate surface area is 209 Å². The molecule has 0 spiro atoms. The predicted octanol–water partition coefficient (Wildman–Crippen LogP) is 5.16. The summed E-state index contributed by atoms with van der Waals surface area (Å²) in [4.78, 5) is 19.3. The van der Waals surface area contributed by atoms with Gasteiger partial charge in [0.2, 0.25) is 5.91 Å². The minimum absolute atomic E-state index is 0.00269. The van der Waals surface area contributed by atoms with Gasteiger partial charge in [0.05, 0.1) is 12.6 Å². The molecule has 1 N–H and O–H groups in total. The van der Waals surface area contributed by atoms with E-state index in [9.17, 15) is 4.79 Å². The lowest BCUT2D eigenvalue weighted by atomic mass is 10.0. The quantitative estimate of drug-likeness (QED) is 0.453. The zero-order chi connectivity index (χ0) is 23.9. The third-order valence-corrected chi connectivity index (χ3v) is 8.25. The summed E-state index contributed by atoms with van der Waals surface area (Å²) in [6.45, 7) is 10.3. The van der Waals surface area contributed by atoms with Gasteiger partial charge in [-0.15, -0.1) is 11.3 Å². The molecule has 34 heavy (non-hydrogen) atoms. The molecule has 1 aromatic carbocycles. The van der Waals surface area contributed by atoms with Gasteiger partial charge in [0.15, 0.2) is 0 Å². The molecule has 4 rings (SSSR count). The lowest BCUT2D eigenvalue weighted by molar-refractivity contribution is -0.122. The third-order valence-electron chi connectivity index (χ3n) is 7.25. The largest absolute Gasteiger partial charge is 0.493 e. The second-order valence-electron chi connectivity index (χ2n) is 10.3. The van der Waals surface area contributed by atoms with Crippen molar-refractivity contribution in [1.82, 2.24) is 15.1 Å². The molecule has 1 aliphatic carbocycles. The first kappa shape index (κ1) is 25.2. The highest BCUT2D eigenvalue weighted by Crippen LogP contribution is 2.51. The van der Waals surface area contributed by atoms with Crippen LogP contribution in [0.3, 0.4) is 0 Å². The molecule has 1 aliphatic heterocycles. The molecular formula is C28H41N3O2S. The van der Waals surface area contributed by atoms with Gasteiger partial charge in [-0.05, 0) is 66.8 Å². The standard InChI is InChI=1S/C28H41N3O2S/c1-4-6-21(2)20-33-24-10-8-22(9-11-24)26(19-31-14-12-30(3)13-15-31)29-28(32)18-23-17-25(23)27-7-5-16-34-27/h5,7-11,16,21,23,25-26H,4,6,12-15,17-20H2,1-3H3,(H,29,32). The molecule has 4 unspecified atom stereocenters. The molecule has 2 aromatic rings. The van der Waals surface area contributed by atoms with E-state index in [-0.39, 0.29) is 11.9 Å². The van der Waals surface area contributed by atoms with Crippen LogP contribution in [-0.4, -0.2) is 62.1 Å². The fourth-order valence-electron chi connectivity index (χ4n) is 4.95. The second-order valence-corrected chi connectivity index (χ2v) is 11.3. The normalized spacial score (nSPS) is 22.8. The van der Waals surface area contributed by atoms with E-state index in [2.05, 4.69) is 77.8 Å². The number of nitrogens with one attached hydrogen (secondary N) is 1. The van der Waals surface area contributed by atoms with E-state index in [0.29, 0.717) is 24.2 Å². The number of benzene rings is 1. The summed E-state index contributed by atoms with van der Waals surface area (Å²) in [5.41, 5.74) is 1.16. The Morgan fingerprint density at radius 3 is 2.62 bits per heavy atom. The Bertz CT molecular complexity index is 878. The molecular weight excluding hydrogens is 442 g/mol. The number of carbonyl (C=O) groups excluding carboxylic acids is 1. The first-order valence-electron chi connectivity index (χ1n) is 13.0. The average molecular weight is 484 g/mol. The van der Waals surface area contributed by atoms with Gasteiger partial charge in [0.25, 0.3) is 0 Å². The number of hydrogen-bond donors (Lipinski definition) is 1. The maximum Gasteiger partial charge on any atom is 0.220 e. The second kappa shape index (κ2) is 12.2. The number of hydrogen-bond acceptors (Lipinski definition) is 5. The first-order chi connectivity index (χ1) is 16.5. The molecule has 1 amide bonds. The minimum Gasteiger partial charge on any atom is -0.493 e. The number of piperazine rings is 1. The van der Waals surface area contributed by atoms with Crippen LogP contribution in [0.4, 0.5) is 0 Å². The van der Waals surface area contributed by atoms with Gasteiger partial charge in [-0.3, -0.25) is 9.69 Å². The van der Waals surface area contributed by atoms with Crippen molar-refractivity contribution in [2.24, 2.45) is 11.8 Å². The molecule has 2 heterocycles. The summed E-state index contributed by atoms with van der Waals surface area (Å²) < 4.78 is 6.00. The maximum atomic E-state index is 13.0. The lowest BCUT2D eigenvalue weighted by Crippen LogP contribution is -2.47. The minimum atomic E-state index is 0.00269. The molecule has 5 nitrogen and oxygen atoms in total. The Hall–Kier alpha value is -1.89. The monoisotopic (exact) mass is 483 g/mol. The number of ether oxygens (including phenoxy) is 1. The molecule has 1 saturated heterocycles. The number of nitrogens with zero attached hydrogens (tertiary/aromatic N) is 2. The zero-order valence-corrected chi connectivity index (χ0v) is 21.9. The lowest BCUT2D eigenvalue weighted by Gasteiger charge is -2.35. The summed E-state index contributed by atoms with van der Waals surface area (Å²) in [6, 6.07) is 12.7. The van der Waals surface area contributed by atoms with Gasteiger partial charge < -0.3 is 15.0 Å². The van der Waals surface area contributed by atoms with Crippen LogP contribution in [0.15, 0.2) is 41.8 Å². The van der Waals surface area contributed by atoms with Crippen molar-refractivity contribution in [2.45, 2.75) is 51.5 Å². The van der Waals surface area contributed by atoms with Crippen LogP contribution in [0.1, 0.15) is 61.9 Å². The topological polar surface area (TPSA) is 44.8 Å². The van der Waals surface area contributed by atoms with Gasteiger partial charge in [-0.1, -0.05) is 38.5 Å². The molecule has 2 aliphatic rings.